The minimum atomic E-state index is -4.37. The fraction of sp³-hybridized carbons (Fsp3) is 0.125. The first-order valence-electron chi connectivity index (χ1n) is 3.30. The Morgan fingerprint density at radius 3 is 1.92 bits per heavy atom. The molecule has 0 saturated heterocycles. The lowest BCUT2D eigenvalue weighted by atomic mass is 10.1. The standard InChI is InChI=1S/C8H5F3OS/c9-8(10,11)6-3-1-5(2-4-6)7(12)13/h1-4H,(H,12,13)/p-1. The van der Waals surface area contributed by atoms with Crippen LogP contribution in [-0.2, 0) is 18.8 Å². The van der Waals surface area contributed by atoms with Gasteiger partial charge in [0.15, 0.2) is 0 Å². The molecule has 0 aromatic heterocycles. The van der Waals surface area contributed by atoms with Gasteiger partial charge in [-0.25, -0.2) is 0 Å². The van der Waals surface area contributed by atoms with Crippen molar-refractivity contribution in [2.24, 2.45) is 0 Å². The summed E-state index contributed by atoms with van der Waals surface area (Å²) in [5.74, 6) is 0. The molecule has 0 aliphatic rings. The quantitative estimate of drug-likeness (QED) is 0.655. The highest BCUT2D eigenvalue weighted by Crippen LogP contribution is 2.28. The van der Waals surface area contributed by atoms with E-state index >= 15 is 0 Å². The van der Waals surface area contributed by atoms with E-state index in [1.165, 1.54) is 0 Å². The summed E-state index contributed by atoms with van der Waals surface area (Å²) in [6.07, 6.45) is -4.37. The molecule has 5 heteroatoms. The Kier molecular flexibility index (Phi) is 2.56. The number of benzene rings is 1. The van der Waals surface area contributed by atoms with Gasteiger partial charge in [0, 0.05) is 5.12 Å². The van der Waals surface area contributed by atoms with Gasteiger partial charge in [-0.2, -0.15) is 13.2 Å². The molecule has 1 aromatic carbocycles. The van der Waals surface area contributed by atoms with Gasteiger partial charge in [-0.15, -0.1) is 0 Å². The number of alkyl halides is 3. The molecule has 0 heterocycles. The fourth-order valence-corrected chi connectivity index (χ4v) is 0.931. The van der Waals surface area contributed by atoms with E-state index in [1.807, 2.05) is 0 Å². The smallest absolute Gasteiger partial charge is 0.416 e. The highest BCUT2D eigenvalue weighted by Gasteiger charge is 2.29. The summed E-state index contributed by atoms with van der Waals surface area (Å²) in [6, 6.07) is 3.80. The van der Waals surface area contributed by atoms with E-state index in [0.29, 0.717) is 0 Å². The van der Waals surface area contributed by atoms with Crippen molar-refractivity contribution < 1.29 is 18.0 Å². The van der Waals surface area contributed by atoms with Gasteiger partial charge >= 0.3 is 6.18 Å². The topological polar surface area (TPSA) is 17.1 Å². The van der Waals surface area contributed by atoms with Crippen LogP contribution in [0.25, 0.3) is 0 Å². The third-order valence-electron chi connectivity index (χ3n) is 1.45. The number of hydrogen-bond donors (Lipinski definition) is 0. The average molecular weight is 205 g/mol. The molecule has 0 N–H and O–H groups in total. The van der Waals surface area contributed by atoms with Gasteiger partial charge in [0.2, 0.25) is 0 Å². The van der Waals surface area contributed by atoms with Gasteiger partial charge in [-0.05, 0) is 17.7 Å². The molecule has 1 nitrogen and oxygen atoms in total. The van der Waals surface area contributed by atoms with Crippen LogP contribution < -0.4 is 0 Å². The van der Waals surface area contributed by atoms with Crippen molar-refractivity contribution in [1.82, 2.24) is 0 Å². The Hall–Kier alpha value is -1.10. The van der Waals surface area contributed by atoms with Gasteiger partial charge in [0.1, 0.15) is 0 Å². The molecule has 0 saturated carbocycles. The molecule has 0 aliphatic carbocycles. The van der Waals surface area contributed by atoms with Crippen molar-refractivity contribution >= 4 is 17.7 Å². The summed E-state index contributed by atoms with van der Waals surface area (Å²) in [7, 11) is 0. The largest absolute Gasteiger partial charge is 0.737 e. The molecule has 1 rings (SSSR count). The maximum absolute atomic E-state index is 12.0. The van der Waals surface area contributed by atoms with E-state index in [0.717, 1.165) is 24.3 Å². The zero-order valence-electron chi connectivity index (χ0n) is 6.26. The Morgan fingerprint density at radius 1 is 1.15 bits per heavy atom. The Bertz CT molecular complexity index is 315. The second-order valence-corrected chi connectivity index (χ2v) is 2.73. The van der Waals surface area contributed by atoms with E-state index in [9.17, 15) is 18.0 Å². The normalized spacial score (nSPS) is 11.3. The lowest BCUT2D eigenvalue weighted by Gasteiger charge is -2.08. The van der Waals surface area contributed by atoms with E-state index in [1.54, 1.807) is 0 Å². The zero-order chi connectivity index (χ0) is 10.1. The molecule has 0 unspecified atom stereocenters. The maximum Gasteiger partial charge on any atom is 0.416 e. The van der Waals surface area contributed by atoms with Crippen molar-refractivity contribution in [2.45, 2.75) is 6.18 Å². The molecule has 1 aromatic rings. The second kappa shape index (κ2) is 3.33. The summed E-state index contributed by atoms with van der Waals surface area (Å²) in [5, 5.41) is -0.659. The lowest BCUT2D eigenvalue weighted by Crippen LogP contribution is -2.05. The monoisotopic (exact) mass is 205 g/mol. The summed E-state index contributed by atoms with van der Waals surface area (Å²) >= 11 is 4.26. The van der Waals surface area contributed by atoms with Crippen LogP contribution in [0, 0.1) is 0 Å². The molecular weight excluding hydrogens is 201 g/mol. The summed E-state index contributed by atoms with van der Waals surface area (Å²) in [5.41, 5.74) is -0.685. The molecular formula is C8H4F3OS-. The van der Waals surface area contributed by atoms with Gasteiger partial charge in [-0.3, -0.25) is 0 Å². The number of halogens is 3. The van der Waals surface area contributed by atoms with E-state index < -0.39 is 16.9 Å². The summed E-state index contributed by atoms with van der Waals surface area (Å²) in [6.45, 7) is 0. The van der Waals surface area contributed by atoms with Crippen LogP contribution in [0.1, 0.15) is 15.9 Å². The molecule has 0 atom stereocenters. The van der Waals surface area contributed by atoms with Crippen molar-refractivity contribution in [3.63, 3.8) is 0 Å². The highest BCUT2D eigenvalue weighted by molar-refractivity contribution is 7.77. The first kappa shape index (κ1) is 9.98. The first-order valence-corrected chi connectivity index (χ1v) is 3.70. The van der Waals surface area contributed by atoms with Crippen LogP contribution in [0.2, 0.25) is 0 Å². The number of hydrogen-bond acceptors (Lipinski definition) is 2. The van der Waals surface area contributed by atoms with Gasteiger partial charge in [0.25, 0.3) is 0 Å². The van der Waals surface area contributed by atoms with Crippen LogP contribution in [-0.4, -0.2) is 5.12 Å². The predicted molar refractivity (Wildman–Crippen MR) is 43.1 cm³/mol. The van der Waals surface area contributed by atoms with Gasteiger partial charge < -0.3 is 17.4 Å². The highest BCUT2D eigenvalue weighted by atomic mass is 32.1. The molecule has 70 valence electrons. The summed E-state index contributed by atoms with van der Waals surface area (Å²) < 4.78 is 36.0. The van der Waals surface area contributed by atoms with Gasteiger partial charge in [0.05, 0.1) is 5.56 Å². The molecule has 0 fully saturated rings. The van der Waals surface area contributed by atoms with E-state index in [4.69, 9.17) is 0 Å². The Balaban J connectivity index is 3.01. The van der Waals surface area contributed by atoms with Crippen molar-refractivity contribution in [1.29, 1.82) is 0 Å². The van der Waals surface area contributed by atoms with Crippen LogP contribution in [0.4, 0.5) is 13.2 Å². The van der Waals surface area contributed by atoms with Crippen LogP contribution in [0.5, 0.6) is 0 Å². The third-order valence-corrected chi connectivity index (χ3v) is 1.68. The van der Waals surface area contributed by atoms with Crippen LogP contribution >= 0.6 is 0 Å². The Morgan fingerprint density at radius 2 is 1.62 bits per heavy atom. The first-order chi connectivity index (χ1) is 5.91. The zero-order valence-corrected chi connectivity index (χ0v) is 7.08. The minimum absolute atomic E-state index is 0.100. The van der Waals surface area contributed by atoms with E-state index in [2.05, 4.69) is 12.6 Å². The van der Waals surface area contributed by atoms with Crippen LogP contribution in [0.3, 0.4) is 0 Å². The van der Waals surface area contributed by atoms with Crippen molar-refractivity contribution in [3.8, 4) is 0 Å². The molecule has 0 aliphatic heterocycles. The molecule has 0 spiro atoms. The SMILES string of the molecule is O=C([S-])c1ccc(C(F)(F)F)cc1. The van der Waals surface area contributed by atoms with Crippen molar-refractivity contribution in [2.75, 3.05) is 0 Å². The molecule has 0 amide bonds. The number of rotatable bonds is 1. The van der Waals surface area contributed by atoms with Crippen LogP contribution in [0.15, 0.2) is 24.3 Å². The third kappa shape index (κ3) is 2.42. The fourth-order valence-electron chi connectivity index (χ4n) is 0.795. The molecule has 13 heavy (non-hydrogen) atoms. The maximum atomic E-state index is 12.0. The molecule has 0 radical (unpaired) electrons. The molecule has 0 bridgehead atoms. The van der Waals surface area contributed by atoms with Crippen molar-refractivity contribution in [3.05, 3.63) is 35.4 Å². The average Bonchev–Trinajstić information content (AvgIpc) is 2.03. The number of carbonyl (C=O) groups is 1. The summed E-state index contributed by atoms with van der Waals surface area (Å²) in [4.78, 5) is 10.5. The number of carbonyl (C=O) groups excluding carboxylic acids is 1. The van der Waals surface area contributed by atoms with Gasteiger partial charge in [-0.1, -0.05) is 12.1 Å². The predicted octanol–water partition coefficient (Wildman–Crippen LogP) is 2.39. The second-order valence-electron chi connectivity index (χ2n) is 2.36. The minimum Gasteiger partial charge on any atom is -0.737 e. The Labute approximate surface area is 78.0 Å². The van der Waals surface area contributed by atoms with E-state index in [-0.39, 0.29) is 5.56 Å². The lowest BCUT2D eigenvalue weighted by molar-refractivity contribution is -0.137.